The summed E-state index contributed by atoms with van der Waals surface area (Å²) < 4.78 is 0. The monoisotopic (exact) mass is 274 g/mol. The number of thiazole rings is 1. The van der Waals surface area contributed by atoms with Crippen molar-refractivity contribution in [2.24, 2.45) is 0 Å². The van der Waals surface area contributed by atoms with Crippen LogP contribution in [-0.4, -0.2) is 34.6 Å². The zero-order chi connectivity index (χ0) is 12.7. The summed E-state index contributed by atoms with van der Waals surface area (Å²) in [5, 5.41) is 12.8. The van der Waals surface area contributed by atoms with Gasteiger partial charge in [-0.15, -0.1) is 0 Å². The molecule has 0 fully saturated rings. The van der Waals surface area contributed by atoms with E-state index in [2.05, 4.69) is 16.6 Å². The first-order chi connectivity index (χ1) is 8.15. The number of nitrogens with zero attached hydrogens (tertiary/aromatic N) is 1. The van der Waals surface area contributed by atoms with Crippen LogP contribution in [0.2, 0.25) is 0 Å². The van der Waals surface area contributed by atoms with Gasteiger partial charge in [0.15, 0.2) is 5.13 Å². The third-order valence-electron chi connectivity index (χ3n) is 2.29. The van der Waals surface area contributed by atoms with Crippen LogP contribution in [0.1, 0.15) is 34.6 Å². The average molecular weight is 274 g/mol. The normalized spacial score (nSPS) is 10.5. The Labute approximate surface area is 110 Å². The molecule has 17 heavy (non-hydrogen) atoms. The number of hydrogen-bond donors (Lipinski definition) is 2. The molecule has 6 heteroatoms. The van der Waals surface area contributed by atoms with E-state index < -0.39 is 5.97 Å². The predicted molar refractivity (Wildman–Crippen MR) is 74.5 cm³/mol. The van der Waals surface area contributed by atoms with Crippen LogP contribution < -0.4 is 5.32 Å². The number of carboxylic acids is 1. The molecule has 4 nitrogen and oxygen atoms in total. The molecule has 2 N–H and O–H groups in total. The zero-order valence-electron chi connectivity index (χ0n) is 10.2. The molecule has 0 atom stereocenters. The molecule has 0 aliphatic carbocycles. The third kappa shape index (κ3) is 4.95. The zero-order valence-corrected chi connectivity index (χ0v) is 11.8. The highest BCUT2D eigenvalue weighted by Gasteiger charge is 2.13. The number of rotatable bonds is 8. The van der Waals surface area contributed by atoms with Crippen LogP contribution in [0.15, 0.2) is 0 Å². The Morgan fingerprint density at radius 3 is 2.82 bits per heavy atom. The largest absolute Gasteiger partial charge is 0.477 e. The first kappa shape index (κ1) is 14.3. The van der Waals surface area contributed by atoms with E-state index in [0.29, 0.717) is 15.7 Å². The van der Waals surface area contributed by atoms with Crippen molar-refractivity contribution in [1.29, 1.82) is 0 Å². The van der Waals surface area contributed by atoms with E-state index in [9.17, 15) is 4.79 Å². The first-order valence-corrected chi connectivity index (χ1v) is 7.79. The summed E-state index contributed by atoms with van der Waals surface area (Å²) in [5.74, 6) is 0.313. The number of hydrogen-bond acceptors (Lipinski definition) is 5. The number of unbranched alkanes of at least 4 members (excludes halogenated alkanes) is 2. The summed E-state index contributed by atoms with van der Waals surface area (Å²) in [5.41, 5.74) is 0.590. The Balaban J connectivity index is 2.27. The first-order valence-electron chi connectivity index (χ1n) is 5.58. The highest BCUT2D eigenvalue weighted by Crippen LogP contribution is 2.22. The molecule has 0 aliphatic rings. The van der Waals surface area contributed by atoms with Crippen molar-refractivity contribution in [3.05, 3.63) is 10.6 Å². The average Bonchev–Trinajstić information content (AvgIpc) is 2.65. The number of aromatic nitrogens is 1. The molecule has 1 aromatic rings. The molecule has 0 unspecified atom stereocenters. The lowest BCUT2D eigenvalue weighted by Crippen LogP contribution is -2.01. The molecule has 0 aromatic carbocycles. The van der Waals surface area contributed by atoms with Gasteiger partial charge in [-0.1, -0.05) is 17.8 Å². The van der Waals surface area contributed by atoms with Gasteiger partial charge in [0, 0.05) is 6.54 Å². The van der Waals surface area contributed by atoms with Gasteiger partial charge < -0.3 is 10.4 Å². The summed E-state index contributed by atoms with van der Waals surface area (Å²) in [6.07, 6.45) is 5.65. The molecule has 1 heterocycles. The molecule has 0 saturated heterocycles. The van der Waals surface area contributed by atoms with Crippen LogP contribution in [0.4, 0.5) is 5.13 Å². The number of anilines is 1. The SMILES string of the molecule is CSCCCCCNc1nc(C)c(C(=O)O)s1. The Morgan fingerprint density at radius 1 is 1.47 bits per heavy atom. The van der Waals surface area contributed by atoms with Gasteiger partial charge >= 0.3 is 5.97 Å². The van der Waals surface area contributed by atoms with E-state index >= 15 is 0 Å². The molecule has 0 spiro atoms. The van der Waals surface area contributed by atoms with Gasteiger partial charge in [-0.05, 0) is 31.8 Å². The summed E-state index contributed by atoms with van der Waals surface area (Å²) in [4.78, 5) is 15.3. The van der Waals surface area contributed by atoms with E-state index in [-0.39, 0.29) is 0 Å². The minimum atomic E-state index is -0.895. The number of carbonyl (C=O) groups is 1. The molecule has 0 radical (unpaired) electrons. The summed E-state index contributed by atoms with van der Waals surface area (Å²) in [6.45, 7) is 2.59. The maximum absolute atomic E-state index is 10.8. The molecular formula is C11H18N2O2S2. The lowest BCUT2D eigenvalue weighted by atomic mass is 10.2. The number of carboxylic acid groups (broad SMARTS) is 1. The van der Waals surface area contributed by atoms with Crippen LogP contribution in [0, 0.1) is 6.92 Å². The minimum absolute atomic E-state index is 0.329. The molecule has 96 valence electrons. The second-order valence-electron chi connectivity index (χ2n) is 3.72. The summed E-state index contributed by atoms with van der Waals surface area (Å²) >= 11 is 3.08. The van der Waals surface area contributed by atoms with Gasteiger partial charge in [0.05, 0.1) is 5.69 Å². The quantitative estimate of drug-likeness (QED) is 0.713. The summed E-state index contributed by atoms with van der Waals surface area (Å²) in [7, 11) is 0. The fourth-order valence-electron chi connectivity index (χ4n) is 1.41. The van der Waals surface area contributed by atoms with Crippen molar-refractivity contribution >= 4 is 34.2 Å². The number of aryl methyl sites for hydroxylation is 1. The maximum atomic E-state index is 10.8. The number of thioether (sulfide) groups is 1. The minimum Gasteiger partial charge on any atom is -0.477 e. The van der Waals surface area contributed by atoms with Crippen molar-refractivity contribution in [1.82, 2.24) is 4.98 Å². The standard InChI is InChI=1S/C11H18N2O2S2/c1-8-9(10(14)15)17-11(13-8)12-6-4-3-5-7-16-2/h3-7H2,1-2H3,(H,12,13)(H,14,15). The molecular weight excluding hydrogens is 256 g/mol. The van der Waals surface area contributed by atoms with Crippen LogP contribution in [0.25, 0.3) is 0 Å². The topological polar surface area (TPSA) is 62.2 Å². The van der Waals surface area contributed by atoms with Crippen molar-refractivity contribution in [2.75, 3.05) is 23.9 Å². The van der Waals surface area contributed by atoms with Gasteiger partial charge in [0.25, 0.3) is 0 Å². The molecule has 0 saturated carbocycles. The van der Waals surface area contributed by atoms with Crippen LogP contribution in [0.5, 0.6) is 0 Å². The Hall–Kier alpha value is -0.750. The highest BCUT2D eigenvalue weighted by atomic mass is 32.2. The van der Waals surface area contributed by atoms with Crippen molar-refractivity contribution in [3.63, 3.8) is 0 Å². The fraction of sp³-hybridized carbons (Fsp3) is 0.636. The summed E-state index contributed by atoms with van der Waals surface area (Å²) in [6, 6.07) is 0. The van der Waals surface area contributed by atoms with Gasteiger partial charge in [-0.25, -0.2) is 9.78 Å². The van der Waals surface area contributed by atoms with Crippen molar-refractivity contribution in [2.45, 2.75) is 26.2 Å². The Bertz CT molecular complexity index is 366. The van der Waals surface area contributed by atoms with E-state index in [1.54, 1.807) is 6.92 Å². The van der Waals surface area contributed by atoms with Crippen LogP contribution in [0.3, 0.4) is 0 Å². The van der Waals surface area contributed by atoms with Crippen molar-refractivity contribution < 1.29 is 9.90 Å². The lowest BCUT2D eigenvalue weighted by Gasteiger charge is -2.01. The second-order valence-corrected chi connectivity index (χ2v) is 5.70. The lowest BCUT2D eigenvalue weighted by molar-refractivity contribution is 0.0701. The van der Waals surface area contributed by atoms with Crippen LogP contribution >= 0.6 is 23.1 Å². The molecule has 0 bridgehead atoms. The molecule has 0 amide bonds. The van der Waals surface area contributed by atoms with Gasteiger partial charge in [-0.2, -0.15) is 11.8 Å². The number of nitrogens with one attached hydrogen (secondary N) is 1. The third-order valence-corrected chi connectivity index (χ3v) is 4.09. The highest BCUT2D eigenvalue weighted by molar-refractivity contribution is 7.98. The van der Waals surface area contributed by atoms with Gasteiger partial charge in [0.1, 0.15) is 4.88 Å². The van der Waals surface area contributed by atoms with Crippen molar-refractivity contribution in [3.8, 4) is 0 Å². The van der Waals surface area contributed by atoms with Gasteiger partial charge in [-0.3, -0.25) is 0 Å². The van der Waals surface area contributed by atoms with Crippen LogP contribution in [-0.2, 0) is 0 Å². The Morgan fingerprint density at radius 2 is 2.24 bits per heavy atom. The predicted octanol–water partition coefficient (Wildman–Crippen LogP) is 3.09. The van der Waals surface area contributed by atoms with E-state index in [1.807, 2.05) is 11.8 Å². The fourth-order valence-corrected chi connectivity index (χ4v) is 2.74. The molecule has 1 rings (SSSR count). The second kappa shape index (κ2) is 7.55. The van der Waals surface area contributed by atoms with E-state index in [0.717, 1.165) is 13.0 Å². The van der Waals surface area contributed by atoms with E-state index in [4.69, 9.17) is 5.11 Å². The maximum Gasteiger partial charge on any atom is 0.347 e. The van der Waals surface area contributed by atoms with Gasteiger partial charge in [0.2, 0.25) is 0 Å². The number of aromatic carboxylic acids is 1. The molecule has 1 aromatic heterocycles. The molecule has 0 aliphatic heterocycles. The smallest absolute Gasteiger partial charge is 0.347 e. The van der Waals surface area contributed by atoms with E-state index in [1.165, 1.54) is 29.9 Å². The Kier molecular flexibility index (Phi) is 6.36.